The van der Waals surface area contributed by atoms with Crippen LogP contribution in [0.1, 0.15) is 34.3 Å². The number of hydrogen-bond acceptors (Lipinski definition) is 4. The summed E-state index contributed by atoms with van der Waals surface area (Å²) in [5, 5.41) is 11.1. The lowest BCUT2D eigenvalue weighted by atomic mass is 10.2. The summed E-state index contributed by atoms with van der Waals surface area (Å²) in [7, 11) is 0. The molecule has 0 spiro atoms. The van der Waals surface area contributed by atoms with Gasteiger partial charge in [0.25, 0.3) is 5.91 Å². The number of fused-ring (bicyclic) bond motifs is 1. The Bertz CT molecular complexity index is 1260. The molecule has 0 fully saturated rings. The van der Waals surface area contributed by atoms with Gasteiger partial charge in [0.15, 0.2) is 0 Å². The van der Waals surface area contributed by atoms with Gasteiger partial charge in [-0.1, -0.05) is 25.1 Å². The number of hydrogen-bond donors (Lipinski definition) is 2. The van der Waals surface area contributed by atoms with Gasteiger partial charge < -0.3 is 10.6 Å². The van der Waals surface area contributed by atoms with Crippen LogP contribution in [0.15, 0.2) is 54.6 Å². The van der Waals surface area contributed by atoms with Crippen molar-refractivity contribution in [1.29, 1.82) is 0 Å². The first kappa shape index (κ1) is 20.7. The van der Waals surface area contributed by atoms with Crippen molar-refractivity contribution < 1.29 is 14.0 Å². The van der Waals surface area contributed by atoms with Crippen molar-refractivity contribution in [2.75, 3.05) is 10.6 Å². The van der Waals surface area contributed by atoms with E-state index in [2.05, 4.69) is 15.7 Å². The van der Waals surface area contributed by atoms with Gasteiger partial charge in [-0.15, -0.1) is 11.3 Å². The highest BCUT2D eigenvalue weighted by Gasteiger charge is 2.17. The Hall–Kier alpha value is -3.52. The van der Waals surface area contributed by atoms with Gasteiger partial charge in [0.05, 0.1) is 17.1 Å². The maximum absolute atomic E-state index is 13.2. The zero-order valence-electron chi connectivity index (χ0n) is 17.1. The Labute approximate surface area is 182 Å². The van der Waals surface area contributed by atoms with Crippen molar-refractivity contribution in [2.45, 2.75) is 26.8 Å². The van der Waals surface area contributed by atoms with E-state index in [0.717, 1.165) is 21.5 Å². The van der Waals surface area contributed by atoms with Crippen molar-refractivity contribution >= 4 is 44.7 Å². The summed E-state index contributed by atoms with van der Waals surface area (Å²) in [5.74, 6) is -0.596. The zero-order chi connectivity index (χ0) is 22.0. The fourth-order valence-electron chi connectivity index (χ4n) is 3.21. The molecule has 4 aromatic rings. The molecule has 2 aromatic carbocycles. The number of amides is 2. The molecule has 31 heavy (non-hydrogen) atoms. The number of nitrogens with one attached hydrogen (secondary N) is 2. The zero-order valence-corrected chi connectivity index (χ0v) is 17.9. The minimum absolute atomic E-state index is 0.0887. The van der Waals surface area contributed by atoms with Crippen LogP contribution < -0.4 is 10.6 Å². The average Bonchev–Trinajstić information content (AvgIpc) is 3.31. The van der Waals surface area contributed by atoms with Gasteiger partial charge in [0, 0.05) is 23.2 Å². The molecule has 0 saturated carbocycles. The highest BCUT2D eigenvalue weighted by Crippen LogP contribution is 2.29. The van der Waals surface area contributed by atoms with Crippen LogP contribution in [0.4, 0.5) is 15.8 Å². The molecule has 0 radical (unpaired) electrons. The molecule has 0 aliphatic carbocycles. The first-order chi connectivity index (χ1) is 14.9. The molecule has 2 aromatic heterocycles. The van der Waals surface area contributed by atoms with Crippen LogP contribution in [-0.2, 0) is 11.3 Å². The van der Waals surface area contributed by atoms with Crippen LogP contribution in [0.25, 0.3) is 10.2 Å². The van der Waals surface area contributed by atoms with Crippen molar-refractivity contribution in [2.24, 2.45) is 0 Å². The number of carbonyl (C=O) groups excluding carboxylic acids is 2. The first-order valence-corrected chi connectivity index (χ1v) is 10.7. The van der Waals surface area contributed by atoms with Crippen LogP contribution in [0, 0.1) is 12.7 Å². The van der Waals surface area contributed by atoms with Crippen molar-refractivity contribution in [3.8, 4) is 0 Å². The molecular weight excluding hydrogens is 415 g/mol. The van der Waals surface area contributed by atoms with Crippen LogP contribution in [0.3, 0.4) is 0 Å². The van der Waals surface area contributed by atoms with Crippen LogP contribution >= 0.6 is 11.3 Å². The number of aryl methyl sites for hydroxylation is 1. The third-order valence-corrected chi connectivity index (χ3v) is 5.95. The van der Waals surface area contributed by atoms with E-state index < -0.39 is 0 Å². The molecule has 0 aliphatic heterocycles. The van der Waals surface area contributed by atoms with Gasteiger partial charge >= 0.3 is 0 Å². The number of nitrogens with zero attached hydrogens (tertiary/aromatic N) is 2. The normalized spacial score (nSPS) is 10.9. The number of anilines is 2. The number of halogens is 1. The van der Waals surface area contributed by atoms with Gasteiger partial charge in [0.2, 0.25) is 5.91 Å². The molecule has 0 bridgehead atoms. The molecule has 2 amide bonds. The molecule has 8 heteroatoms. The average molecular weight is 437 g/mol. The Morgan fingerprint density at radius 3 is 2.48 bits per heavy atom. The maximum atomic E-state index is 13.2. The first-order valence-electron chi connectivity index (χ1n) is 9.85. The van der Waals surface area contributed by atoms with E-state index in [9.17, 15) is 14.0 Å². The lowest BCUT2D eigenvalue weighted by Gasteiger charge is -2.07. The number of aromatic nitrogens is 2. The number of thiophene rings is 1. The van der Waals surface area contributed by atoms with Crippen LogP contribution in [-0.4, -0.2) is 21.6 Å². The lowest BCUT2D eigenvalue weighted by Crippen LogP contribution is -2.12. The van der Waals surface area contributed by atoms with E-state index in [1.807, 2.05) is 17.7 Å². The predicted molar refractivity (Wildman–Crippen MR) is 121 cm³/mol. The lowest BCUT2D eigenvalue weighted by molar-refractivity contribution is -0.115. The Morgan fingerprint density at radius 2 is 1.77 bits per heavy atom. The molecule has 0 atom stereocenters. The van der Waals surface area contributed by atoms with E-state index in [0.29, 0.717) is 29.2 Å². The Balaban J connectivity index is 1.54. The monoisotopic (exact) mass is 436 g/mol. The van der Waals surface area contributed by atoms with E-state index in [4.69, 9.17) is 0 Å². The summed E-state index contributed by atoms with van der Waals surface area (Å²) < 4.78 is 15.0. The second-order valence-electron chi connectivity index (χ2n) is 7.14. The minimum Gasteiger partial charge on any atom is -0.326 e. The third-order valence-electron chi connectivity index (χ3n) is 4.80. The van der Waals surface area contributed by atoms with Crippen LogP contribution in [0.2, 0.25) is 0 Å². The van der Waals surface area contributed by atoms with Gasteiger partial charge in [-0.2, -0.15) is 5.10 Å². The molecule has 158 valence electrons. The quantitative estimate of drug-likeness (QED) is 0.436. The maximum Gasteiger partial charge on any atom is 0.265 e. The fraction of sp³-hybridized carbons (Fsp3) is 0.174. The van der Waals surface area contributed by atoms with E-state index >= 15 is 0 Å². The van der Waals surface area contributed by atoms with Crippen molar-refractivity contribution in [1.82, 2.24) is 9.78 Å². The molecule has 4 rings (SSSR count). The minimum atomic E-state index is -0.279. The summed E-state index contributed by atoms with van der Waals surface area (Å²) in [5.41, 5.74) is 2.99. The Morgan fingerprint density at radius 1 is 1.06 bits per heavy atom. The third kappa shape index (κ3) is 4.64. The summed E-state index contributed by atoms with van der Waals surface area (Å²) in [4.78, 5) is 25.9. The molecule has 6 nitrogen and oxygen atoms in total. The summed E-state index contributed by atoms with van der Waals surface area (Å²) >= 11 is 1.36. The highest BCUT2D eigenvalue weighted by atomic mass is 32.1. The van der Waals surface area contributed by atoms with Gasteiger partial charge in [-0.3, -0.25) is 14.3 Å². The molecule has 2 heterocycles. The molecule has 0 aliphatic rings. The van der Waals surface area contributed by atoms with Crippen LogP contribution in [0.5, 0.6) is 0 Å². The topological polar surface area (TPSA) is 76.0 Å². The van der Waals surface area contributed by atoms with Gasteiger partial charge in [0.1, 0.15) is 10.6 Å². The summed E-state index contributed by atoms with van der Waals surface area (Å²) in [6, 6.07) is 15.2. The second kappa shape index (κ2) is 8.69. The molecule has 0 unspecified atom stereocenters. The second-order valence-corrected chi connectivity index (χ2v) is 8.17. The molecular formula is C23H21FN4O2S. The molecule has 2 N–H and O–H groups in total. The summed E-state index contributed by atoms with van der Waals surface area (Å²) in [6.45, 7) is 4.17. The van der Waals surface area contributed by atoms with E-state index in [1.54, 1.807) is 43.3 Å². The number of benzene rings is 2. The molecule has 0 saturated heterocycles. The SMILES string of the molecule is CCC(=O)Nc1cccc(NC(=O)c2cc3c(C)nn(Cc4ccc(F)cc4)c3s2)c1. The smallest absolute Gasteiger partial charge is 0.265 e. The highest BCUT2D eigenvalue weighted by molar-refractivity contribution is 7.20. The summed E-state index contributed by atoms with van der Waals surface area (Å²) in [6.07, 6.45) is 0.382. The van der Waals surface area contributed by atoms with Gasteiger partial charge in [-0.25, -0.2) is 4.39 Å². The van der Waals surface area contributed by atoms with Crippen molar-refractivity contribution in [3.63, 3.8) is 0 Å². The predicted octanol–water partition coefficient (Wildman–Crippen LogP) is 5.19. The Kier molecular flexibility index (Phi) is 5.81. The van der Waals surface area contributed by atoms with Crippen molar-refractivity contribution in [3.05, 3.63) is 76.5 Å². The largest absolute Gasteiger partial charge is 0.326 e. The van der Waals surface area contributed by atoms with E-state index in [1.165, 1.54) is 23.5 Å². The van der Waals surface area contributed by atoms with E-state index in [-0.39, 0.29) is 17.6 Å². The number of carbonyl (C=O) groups is 2. The number of rotatable bonds is 6. The fourth-order valence-corrected chi connectivity index (χ4v) is 4.27. The van der Waals surface area contributed by atoms with Gasteiger partial charge in [-0.05, 0) is 48.9 Å². The standard InChI is InChI=1S/C23H21FN4O2S/c1-3-21(29)25-17-5-4-6-18(11-17)26-22(30)20-12-19-14(2)27-28(23(19)31-20)13-15-7-9-16(24)10-8-15/h4-12H,3,13H2,1-2H3,(H,25,29)(H,26,30).